The van der Waals surface area contributed by atoms with Crippen LogP contribution in [0.3, 0.4) is 0 Å². The highest BCUT2D eigenvalue weighted by Gasteiger charge is 2.27. The van der Waals surface area contributed by atoms with Gasteiger partial charge in [-0.05, 0) is 19.4 Å². The van der Waals surface area contributed by atoms with Crippen LogP contribution < -0.4 is 0 Å². The number of fused-ring (bicyclic) bond motifs is 1. The van der Waals surface area contributed by atoms with Gasteiger partial charge >= 0.3 is 0 Å². The van der Waals surface area contributed by atoms with Gasteiger partial charge in [-0.3, -0.25) is 9.89 Å². The molecule has 0 radical (unpaired) electrons. The van der Waals surface area contributed by atoms with Crippen LogP contribution in [0.1, 0.15) is 41.2 Å². The molecule has 116 valence electrons. The average Bonchev–Trinajstić information content (AvgIpc) is 2.97. The molecule has 0 bridgehead atoms. The maximum Gasteiger partial charge on any atom is 0.275 e. The second-order valence-corrected chi connectivity index (χ2v) is 5.84. The first-order valence-corrected chi connectivity index (χ1v) is 7.65. The highest BCUT2D eigenvalue weighted by molar-refractivity contribution is 5.94. The molecule has 2 aromatic rings. The van der Waals surface area contributed by atoms with Crippen molar-refractivity contribution in [3.05, 3.63) is 52.8 Å². The molecule has 1 aliphatic heterocycles. The smallest absolute Gasteiger partial charge is 0.275 e. The predicted molar refractivity (Wildman–Crippen MR) is 83.4 cm³/mol. The van der Waals surface area contributed by atoms with E-state index < -0.39 is 0 Å². The molecule has 22 heavy (non-hydrogen) atoms. The van der Waals surface area contributed by atoms with Crippen molar-refractivity contribution in [1.29, 1.82) is 0 Å². The first kappa shape index (κ1) is 14.8. The number of hydrogen-bond donors (Lipinski definition) is 1. The summed E-state index contributed by atoms with van der Waals surface area (Å²) < 4.78 is 5.47. The second-order valence-electron chi connectivity index (χ2n) is 5.84. The van der Waals surface area contributed by atoms with Gasteiger partial charge in [-0.25, -0.2) is 0 Å². The predicted octanol–water partition coefficient (Wildman–Crippen LogP) is 2.53. The van der Waals surface area contributed by atoms with E-state index in [4.69, 9.17) is 4.74 Å². The Morgan fingerprint density at radius 2 is 2.14 bits per heavy atom. The summed E-state index contributed by atoms with van der Waals surface area (Å²) in [5, 5.41) is 7.23. The summed E-state index contributed by atoms with van der Waals surface area (Å²) in [4.78, 5) is 14.8. The summed E-state index contributed by atoms with van der Waals surface area (Å²) in [6.07, 6.45) is 0.788. The van der Waals surface area contributed by atoms with Crippen molar-refractivity contribution in [2.45, 2.75) is 39.5 Å². The number of H-pyrrole nitrogens is 1. The van der Waals surface area contributed by atoms with Crippen LogP contribution in [0.5, 0.6) is 0 Å². The highest BCUT2D eigenvalue weighted by Crippen LogP contribution is 2.21. The number of carbonyl (C=O) groups excluding carboxylic acids is 1. The van der Waals surface area contributed by atoms with Crippen LogP contribution in [-0.4, -0.2) is 33.7 Å². The topological polar surface area (TPSA) is 58.2 Å². The van der Waals surface area contributed by atoms with E-state index in [-0.39, 0.29) is 11.9 Å². The molecule has 5 heteroatoms. The molecule has 0 spiro atoms. The number of amides is 1. The maximum absolute atomic E-state index is 12.9. The van der Waals surface area contributed by atoms with Gasteiger partial charge in [0.05, 0.1) is 13.2 Å². The quantitative estimate of drug-likeness (QED) is 0.944. The molecule has 1 aliphatic rings. The fourth-order valence-electron chi connectivity index (χ4n) is 2.69. The highest BCUT2D eigenvalue weighted by atomic mass is 16.5. The molecule has 0 unspecified atom stereocenters. The van der Waals surface area contributed by atoms with Gasteiger partial charge in [0.25, 0.3) is 5.91 Å². The lowest BCUT2D eigenvalue weighted by Gasteiger charge is -2.27. The molecule has 5 nitrogen and oxygen atoms in total. The molecule has 0 aliphatic carbocycles. The number of ether oxygens (including phenoxy) is 1. The molecule has 0 saturated heterocycles. The van der Waals surface area contributed by atoms with Crippen molar-refractivity contribution in [3.8, 4) is 0 Å². The van der Waals surface area contributed by atoms with Gasteiger partial charge < -0.3 is 9.64 Å². The number of rotatable bonds is 4. The Kier molecular flexibility index (Phi) is 4.24. The van der Waals surface area contributed by atoms with Gasteiger partial charge in [0, 0.05) is 30.3 Å². The Labute approximate surface area is 130 Å². The van der Waals surface area contributed by atoms with E-state index in [0.29, 0.717) is 25.5 Å². The summed E-state index contributed by atoms with van der Waals surface area (Å²) in [5.74, 6) is -0.0400. The van der Waals surface area contributed by atoms with Gasteiger partial charge in [-0.15, -0.1) is 0 Å². The number of benzene rings is 1. The van der Waals surface area contributed by atoms with E-state index in [2.05, 4.69) is 10.2 Å². The van der Waals surface area contributed by atoms with Gasteiger partial charge in [-0.1, -0.05) is 30.3 Å². The summed E-state index contributed by atoms with van der Waals surface area (Å²) in [5.41, 5.74) is 3.55. The van der Waals surface area contributed by atoms with Crippen molar-refractivity contribution < 1.29 is 9.53 Å². The molecule has 3 rings (SSSR count). The number of carbonyl (C=O) groups is 1. The second kappa shape index (κ2) is 6.32. The van der Waals surface area contributed by atoms with E-state index in [1.807, 2.05) is 49.1 Å². The third kappa shape index (κ3) is 2.90. The van der Waals surface area contributed by atoms with Gasteiger partial charge in [-0.2, -0.15) is 5.10 Å². The third-order valence-corrected chi connectivity index (χ3v) is 3.98. The number of aromatic amines is 1. The van der Waals surface area contributed by atoms with Crippen LogP contribution >= 0.6 is 0 Å². The van der Waals surface area contributed by atoms with E-state index >= 15 is 0 Å². The lowest BCUT2D eigenvalue weighted by Crippen LogP contribution is -2.37. The largest absolute Gasteiger partial charge is 0.376 e. The van der Waals surface area contributed by atoms with Crippen LogP contribution in [0.25, 0.3) is 0 Å². The first-order chi connectivity index (χ1) is 10.7. The SMILES string of the molecule is CC(C)N(Cc1ccccc1)C(=O)c1n[nH]c2c1COCC2. The maximum atomic E-state index is 12.9. The third-order valence-electron chi connectivity index (χ3n) is 3.98. The fourth-order valence-corrected chi connectivity index (χ4v) is 2.69. The first-order valence-electron chi connectivity index (χ1n) is 7.65. The molecule has 0 fully saturated rings. The van der Waals surface area contributed by atoms with Crippen LogP contribution in [0.2, 0.25) is 0 Å². The zero-order valence-electron chi connectivity index (χ0n) is 13.0. The monoisotopic (exact) mass is 299 g/mol. The fraction of sp³-hybridized carbons (Fsp3) is 0.412. The van der Waals surface area contributed by atoms with Crippen LogP contribution in [-0.2, 0) is 24.3 Å². The Morgan fingerprint density at radius 1 is 1.36 bits per heavy atom. The zero-order valence-corrected chi connectivity index (χ0v) is 13.0. The molecular weight excluding hydrogens is 278 g/mol. The van der Waals surface area contributed by atoms with Crippen molar-refractivity contribution in [2.24, 2.45) is 0 Å². The molecular formula is C17H21N3O2. The zero-order chi connectivity index (χ0) is 15.5. The van der Waals surface area contributed by atoms with Crippen LogP contribution in [0.4, 0.5) is 0 Å². The Hall–Kier alpha value is -2.14. The minimum atomic E-state index is -0.0400. The molecule has 1 N–H and O–H groups in total. The molecule has 0 atom stereocenters. The Balaban J connectivity index is 1.85. The molecule has 1 amide bonds. The standard InChI is InChI=1S/C17H21N3O2/c1-12(2)20(10-13-6-4-3-5-7-13)17(21)16-14-11-22-9-8-15(14)18-19-16/h3-7,12H,8-11H2,1-2H3,(H,18,19). The number of nitrogens with zero attached hydrogens (tertiary/aromatic N) is 2. The molecule has 0 saturated carbocycles. The van der Waals surface area contributed by atoms with Crippen molar-refractivity contribution in [1.82, 2.24) is 15.1 Å². The van der Waals surface area contributed by atoms with Gasteiger partial charge in [0.15, 0.2) is 5.69 Å². The van der Waals surface area contributed by atoms with E-state index in [0.717, 1.165) is 23.2 Å². The molecule has 1 aromatic heterocycles. The van der Waals surface area contributed by atoms with Crippen molar-refractivity contribution in [2.75, 3.05) is 6.61 Å². The summed E-state index contributed by atoms with van der Waals surface area (Å²) >= 11 is 0. The normalized spacial score (nSPS) is 14.0. The number of hydrogen-bond acceptors (Lipinski definition) is 3. The summed E-state index contributed by atoms with van der Waals surface area (Å²) in [6.45, 7) is 5.78. The lowest BCUT2D eigenvalue weighted by atomic mass is 10.1. The van der Waals surface area contributed by atoms with Crippen LogP contribution in [0.15, 0.2) is 30.3 Å². The Morgan fingerprint density at radius 3 is 2.86 bits per heavy atom. The van der Waals surface area contributed by atoms with E-state index in [1.54, 1.807) is 0 Å². The van der Waals surface area contributed by atoms with Crippen molar-refractivity contribution >= 4 is 5.91 Å². The summed E-state index contributed by atoms with van der Waals surface area (Å²) in [6, 6.07) is 10.1. The molecule has 2 heterocycles. The van der Waals surface area contributed by atoms with Crippen molar-refractivity contribution in [3.63, 3.8) is 0 Å². The summed E-state index contributed by atoms with van der Waals surface area (Å²) in [7, 11) is 0. The number of aromatic nitrogens is 2. The van der Waals surface area contributed by atoms with Gasteiger partial charge in [0.2, 0.25) is 0 Å². The minimum Gasteiger partial charge on any atom is -0.376 e. The number of nitrogens with one attached hydrogen (secondary N) is 1. The van der Waals surface area contributed by atoms with Crippen LogP contribution in [0, 0.1) is 0 Å². The van der Waals surface area contributed by atoms with E-state index in [9.17, 15) is 4.79 Å². The van der Waals surface area contributed by atoms with Gasteiger partial charge in [0.1, 0.15) is 0 Å². The Bertz CT molecular complexity index is 649. The molecule has 1 aromatic carbocycles. The lowest BCUT2D eigenvalue weighted by molar-refractivity contribution is 0.0672. The average molecular weight is 299 g/mol. The minimum absolute atomic E-state index is 0.0400. The van der Waals surface area contributed by atoms with E-state index in [1.165, 1.54) is 0 Å².